The van der Waals surface area contributed by atoms with Gasteiger partial charge in [-0.3, -0.25) is 0 Å². The predicted octanol–water partition coefficient (Wildman–Crippen LogP) is 1.41. The van der Waals surface area contributed by atoms with Gasteiger partial charge in [0.05, 0.1) is 0 Å². The molecule has 1 N–H and O–H groups in total. The maximum absolute atomic E-state index is 8.59. The molecule has 2 heteroatoms. The Labute approximate surface area is 140 Å². The molecule has 0 bridgehead atoms. The largest absolute Gasteiger partial charge is 1.00 e. The van der Waals surface area contributed by atoms with Crippen molar-refractivity contribution in [2.24, 2.45) is 0 Å². The molecule has 88 valence electrons. The third kappa shape index (κ3) is 18.2. The Balaban J connectivity index is -0.000000845. The van der Waals surface area contributed by atoms with Crippen LogP contribution in [-0.2, 0) is 0 Å². The first-order valence-electron chi connectivity index (χ1n) is 6.52. The number of rotatable bonds is 11. The van der Waals surface area contributed by atoms with E-state index < -0.39 is 0 Å². The summed E-state index contributed by atoms with van der Waals surface area (Å²) < 4.78 is 0. The second-order valence-electron chi connectivity index (χ2n) is 4.26. The van der Waals surface area contributed by atoms with Gasteiger partial charge in [-0.15, -0.1) is 0 Å². The zero-order valence-corrected chi connectivity index (χ0v) is 14.1. The van der Waals surface area contributed by atoms with Crippen LogP contribution in [0.3, 0.4) is 0 Å². The van der Waals surface area contributed by atoms with Gasteiger partial charge in [-0.2, -0.15) is 0 Å². The molecule has 0 heterocycles. The third-order valence-corrected chi connectivity index (χ3v) is 2.76. The summed E-state index contributed by atoms with van der Waals surface area (Å²) in [6.45, 7) is 2.64. The quantitative estimate of drug-likeness (QED) is 0.428. The van der Waals surface area contributed by atoms with E-state index in [1.165, 1.54) is 64.2 Å². The molecular weight excluding hydrogens is 211 g/mol. The zero-order chi connectivity index (χ0) is 10.5. The van der Waals surface area contributed by atoms with E-state index in [4.69, 9.17) is 5.11 Å². The summed E-state index contributed by atoms with van der Waals surface area (Å²) in [6.07, 6.45) is 14.8. The van der Waals surface area contributed by atoms with Gasteiger partial charge in [-0.25, -0.2) is 0 Å². The first kappa shape index (κ1) is 18.9. The van der Waals surface area contributed by atoms with Crippen molar-refractivity contribution in [3.8, 4) is 0 Å². The standard InChI is InChI=1S/C13H28O.K.H/c1-2-3-4-5-6-7-8-9-10-11-12-13-14;;/h14H,2-13H2,1H3;;/q;+1;-1. The molecule has 0 atom stereocenters. The molecule has 0 saturated carbocycles. The van der Waals surface area contributed by atoms with Crippen molar-refractivity contribution < 1.29 is 57.9 Å². The van der Waals surface area contributed by atoms with Gasteiger partial charge in [0.25, 0.3) is 0 Å². The molecule has 0 aromatic rings. The van der Waals surface area contributed by atoms with Crippen LogP contribution in [0.25, 0.3) is 0 Å². The Morgan fingerprint density at radius 1 is 0.667 bits per heavy atom. The van der Waals surface area contributed by atoms with Crippen molar-refractivity contribution in [2.45, 2.75) is 77.6 Å². The molecule has 0 unspecified atom stereocenters. The molecule has 0 saturated heterocycles. The van der Waals surface area contributed by atoms with Gasteiger partial charge in [0.2, 0.25) is 0 Å². The van der Waals surface area contributed by atoms with Gasteiger partial charge in [-0.1, -0.05) is 71.1 Å². The van der Waals surface area contributed by atoms with Gasteiger partial charge in [-0.05, 0) is 6.42 Å². The van der Waals surface area contributed by atoms with Crippen LogP contribution in [0.5, 0.6) is 0 Å². The first-order valence-corrected chi connectivity index (χ1v) is 6.52. The van der Waals surface area contributed by atoms with Crippen LogP contribution in [0.1, 0.15) is 79.0 Å². The second kappa shape index (κ2) is 18.0. The molecule has 0 aliphatic heterocycles. The van der Waals surface area contributed by atoms with E-state index in [1.807, 2.05) is 0 Å². The Morgan fingerprint density at radius 2 is 1.00 bits per heavy atom. The molecule has 0 aliphatic carbocycles. The topological polar surface area (TPSA) is 20.2 Å². The molecule has 0 spiro atoms. The monoisotopic (exact) mass is 240 g/mol. The van der Waals surface area contributed by atoms with Gasteiger partial charge < -0.3 is 6.53 Å². The zero-order valence-electron chi connectivity index (χ0n) is 11.9. The van der Waals surface area contributed by atoms with Crippen molar-refractivity contribution in [2.75, 3.05) is 6.61 Å². The van der Waals surface area contributed by atoms with E-state index in [0.29, 0.717) is 6.61 Å². The summed E-state index contributed by atoms with van der Waals surface area (Å²) >= 11 is 0. The molecular formula is C13H29KO. The minimum absolute atomic E-state index is 0. The molecule has 0 aromatic heterocycles. The summed E-state index contributed by atoms with van der Waals surface area (Å²) in [6, 6.07) is 0. The summed E-state index contributed by atoms with van der Waals surface area (Å²) in [4.78, 5) is 0. The first-order chi connectivity index (χ1) is 6.91. The predicted molar refractivity (Wildman–Crippen MR) is 64.7 cm³/mol. The van der Waals surface area contributed by atoms with Crippen LogP contribution in [0, 0.1) is 0 Å². The van der Waals surface area contributed by atoms with Crippen LogP contribution in [0.2, 0.25) is 0 Å². The SMILES string of the molecule is CCCCCCCCCCCCCO.[H-].[K+]. The fourth-order valence-corrected chi connectivity index (χ4v) is 1.78. The van der Waals surface area contributed by atoms with Gasteiger partial charge >= 0.3 is 51.4 Å². The fraction of sp³-hybridized carbons (Fsp3) is 1.00. The van der Waals surface area contributed by atoms with Gasteiger partial charge in [0.15, 0.2) is 0 Å². The minimum atomic E-state index is 0. The summed E-state index contributed by atoms with van der Waals surface area (Å²) in [5.74, 6) is 0. The second-order valence-corrected chi connectivity index (χ2v) is 4.26. The maximum atomic E-state index is 8.59. The van der Waals surface area contributed by atoms with Gasteiger partial charge in [0, 0.05) is 6.61 Å². The molecule has 0 aromatic carbocycles. The molecule has 0 amide bonds. The van der Waals surface area contributed by atoms with Crippen molar-refractivity contribution in [3.05, 3.63) is 0 Å². The van der Waals surface area contributed by atoms with E-state index in [-0.39, 0.29) is 52.8 Å². The maximum Gasteiger partial charge on any atom is 1.00 e. The van der Waals surface area contributed by atoms with Crippen molar-refractivity contribution in [1.29, 1.82) is 0 Å². The molecule has 0 aliphatic rings. The fourth-order valence-electron chi connectivity index (χ4n) is 1.78. The number of unbranched alkanes of at least 4 members (excludes halogenated alkanes) is 10. The molecule has 0 rings (SSSR count). The van der Waals surface area contributed by atoms with Crippen LogP contribution < -0.4 is 51.4 Å². The Bertz CT molecular complexity index is 89.9. The van der Waals surface area contributed by atoms with E-state index in [1.54, 1.807) is 0 Å². The smallest absolute Gasteiger partial charge is 1.00 e. The molecule has 15 heavy (non-hydrogen) atoms. The van der Waals surface area contributed by atoms with Crippen LogP contribution in [-0.4, -0.2) is 11.7 Å². The van der Waals surface area contributed by atoms with E-state index >= 15 is 0 Å². The van der Waals surface area contributed by atoms with Gasteiger partial charge in [0.1, 0.15) is 0 Å². The minimum Gasteiger partial charge on any atom is -1.00 e. The Morgan fingerprint density at radius 3 is 1.33 bits per heavy atom. The Kier molecular flexibility index (Phi) is 22.7. The van der Waals surface area contributed by atoms with Crippen molar-refractivity contribution >= 4 is 0 Å². The third-order valence-electron chi connectivity index (χ3n) is 2.76. The van der Waals surface area contributed by atoms with Crippen LogP contribution >= 0.6 is 0 Å². The number of hydrogen-bond acceptors (Lipinski definition) is 1. The Hall–Kier alpha value is 1.60. The average molecular weight is 240 g/mol. The normalized spacial score (nSPS) is 10.0. The van der Waals surface area contributed by atoms with Crippen LogP contribution in [0.15, 0.2) is 0 Å². The summed E-state index contributed by atoms with van der Waals surface area (Å²) in [7, 11) is 0. The van der Waals surface area contributed by atoms with Crippen molar-refractivity contribution in [3.63, 3.8) is 0 Å². The van der Waals surface area contributed by atoms with E-state index in [2.05, 4.69) is 6.92 Å². The number of aliphatic hydroxyl groups is 1. The summed E-state index contributed by atoms with van der Waals surface area (Å²) in [5, 5.41) is 8.59. The summed E-state index contributed by atoms with van der Waals surface area (Å²) in [5.41, 5.74) is 0. The average Bonchev–Trinajstić information content (AvgIpc) is 2.21. The van der Waals surface area contributed by atoms with Crippen molar-refractivity contribution in [1.82, 2.24) is 0 Å². The van der Waals surface area contributed by atoms with E-state index in [9.17, 15) is 0 Å². The molecule has 0 fully saturated rings. The van der Waals surface area contributed by atoms with E-state index in [0.717, 1.165) is 6.42 Å². The molecule has 1 nitrogen and oxygen atoms in total. The van der Waals surface area contributed by atoms with Crippen LogP contribution in [0.4, 0.5) is 0 Å². The molecule has 0 radical (unpaired) electrons. The number of aliphatic hydroxyl groups excluding tert-OH is 1. The number of hydrogen-bond donors (Lipinski definition) is 1.